The highest BCUT2D eigenvalue weighted by Crippen LogP contribution is 2.34. The molecule has 0 bridgehead atoms. The Kier molecular flexibility index (Phi) is 6.56. The van der Waals surface area contributed by atoms with Gasteiger partial charge in [-0.2, -0.15) is 10.2 Å². The van der Waals surface area contributed by atoms with Crippen LogP contribution in [0.3, 0.4) is 0 Å². The third kappa shape index (κ3) is 5.06. The molecule has 0 unspecified atom stereocenters. The third-order valence-corrected chi connectivity index (χ3v) is 6.35. The lowest BCUT2D eigenvalue weighted by Crippen LogP contribution is -2.41. The summed E-state index contributed by atoms with van der Waals surface area (Å²) in [5.41, 5.74) is 3.18. The normalized spacial score (nSPS) is 13.5. The first kappa shape index (κ1) is 25.7. The monoisotopic (exact) mass is 540 g/mol. The van der Waals surface area contributed by atoms with Gasteiger partial charge in [0.25, 0.3) is 0 Å². The van der Waals surface area contributed by atoms with Gasteiger partial charge in [-0.25, -0.2) is 18.7 Å². The van der Waals surface area contributed by atoms with Crippen molar-refractivity contribution in [3.05, 3.63) is 64.6 Å². The third-order valence-electron chi connectivity index (χ3n) is 6.07. The molecule has 198 valence electrons. The van der Waals surface area contributed by atoms with Gasteiger partial charge in [0.2, 0.25) is 5.78 Å². The summed E-state index contributed by atoms with van der Waals surface area (Å²) in [7, 11) is 0. The van der Waals surface area contributed by atoms with E-state index < -0.39 is 17.2 Å². The van der Waals surface area contributed by atoms with E-state index in [0.717, 1.165) is 17.5 Å². The lowest BCUT2D eigenvalue weighted by Gasteiger charge is -2.30. The Morgan fingerprint density at radius 3 is 2.68 bits per heavy atom. The minimum absolute atomic E-state index is 0.0883. The minimum Gasteiger partial charge on any atom is -0.483 e. The smallest absolute Gasteiger partial charge is 0.410 e. The highest BCUT2D eigenvalue weighted by molar-refractivity contribution is 6.34. The molecule has 12 heteroatoms. The molecule has 4 aromatic rings. The van der Waals surface area contributed by atoms with Crippen molar-refractivity contribution < 1.29 is 23.5 Å². The first-order valence-electron chi connectivity index (χ1n) is 12.0. The summed E-state index contributed by atoms with van der Waals surface area (Å²) in [5.74, 6) is -0.614. The molecule has 0 N–H and O–H groups in total. The van der Waals surface area contributed by atoms with Crippen molar-refractivity contribution in [2.24, 2.45) is 0 Å². The van der Waals surface area contributed by atoms with Gasteiger partial charge in [-0.15, -0.1) is 0 Å². The zero-order valence-corrected chi connectivity index (χ0v) is 22.1. The van der Waals surface area contributed by atoms with Crippen LogP contribution in [0.2, 0.25) is 5.02 Å². The quantitative estimate of drug-likeness (QED) is 0.338. The molecule has 0 aliphatic carbocycles. The Hall–Kier alpha value is -3.99. The van der Waals surface area contributed by atoms with Crippen molar-refractivity contribution in [1.82, 2.24) is 29.3 Å². The first-order chi connectivity index (χ1) is 18.0. The zero-order chi connectivity index (χ0) is 27.2. The average molecular weight is 541 g/mol. The number of ketones is 1. The summed E-state index contributed by atoms with van der Waals surface area (Å²) in [6.07, 6.45) is 3.88. The Morgan fingerprint density at radius 2 is 1.97 bits per heavy atom. The number of fused-ring (bicyclic) bond motifs is 2. The van der Waals surface area contributed by atoms with Crippen LogP contribution in [0.4, 0.5) is 9.18 Å². The van der Waals surface area contributed by atoms with E-state index in [1.165, 1.54) is 18.3 Å². The number of Topliss-reactive ketones (excluding diaryl/α,β-unsaturated/α-hetero) is 1. The van der Waals surface area contributed by atoms with Crippen LogP contribution in [0.25, 0.3) is 16.8 Å². The van der Waals surface area contributed by atoms with Crippen LogP contribution >= 0.6 is 11.6 Å². The molecule has 38 heavy (non-hydrogen) atoms. The van der Waals surface area contributed by atoms with Gasteiger partial charge in [0.15, 0.2) is 6.61 Å². The number of ether oxygens (including phenoxy) is 2. The largest absolute Gasteiger partial charge is 0.483 e. The molecular formula is C26H26ClFN6O4. The number of hydrogen-bond donors (Lipinski definition) is 0. The van der Waals surface area contributed by atoms with E-state index in [2.05, 4.69) is 10.1 Å². The maximum Gasteiger partial charge on any atom is 0.410 e. The van der Waals surface area contributed by atoms with E-state index in [-0.39, 0.29) is 18.4 Å². The van der Waals surface area contributed by atoms with Gasteiger partial charge in [-0.05, 0) is 45.9 Å². The molecule has 0 radical (unpaired) electrons. The highest BCUT2D eigenvalue weighted by Gasteiger charge is 2.29. The molecule has 0 atom stereocenters. The van der Waals surface area contributed by atoms with Crippen molar-refractivity contribution in [3.63, 3.8) is 0 Å². The van der Waals surface area contributed by atoms with Crippen LogP contribution in [0.15, 0.2) is 36.8 Å². The van der Waals surface area contributed by atoms with Crippen molar-refractivity contribution >= 4 is 29.0 Å². The van der Waals surface area contributed by atoms with Gasteiger partial charge in [0.05, 0.1) is 41.9 Å². The Balaban J connectivity index is 1.44. The maximum atomic E-state index is 13.2. The van der Waals surface area contributed by atoms with Gasteiger partial charge in [-0.1, -0.05) is 11.6 Å². The minimum atomic E-state index is -0.583. The fourth-order valence-corrected chi connectivity index (χ4v) is 4.47. The summed E-state index contributed by atoms with van der Waals surface area (Å²) < 4.78 is 28.0. The molecule has 5 rings (SSSR count). The molecule has 0 saturated carbocycles. The van der Waals surface area contributed by atoms with E-state index in [9.17, 15) is 14.0 Å². The molecule has 0 fully saturated rings. The Bertz CT molecular complexity index is 1540. The van der Waals surface area contributed by atoms with E-state index >= 15 is 0 Å². The average Bonchev–Trinajstić information content (AvgIpc) is 3.41. The number of amides is 1. The SMILES string of the molecule is Cc1c(-c2cc(OCC(=O)c3ccc(F)cn3)c3c(Cl)cnn3c2)nn2c1CN(C(=O)OC(C)(C)C)CC2. The second-order valence-corrected chi connectivity index (χ2v) is 10.4. The molecule has 1 aliphatic heterocycles. The maximum absolute atomic E-state index is 13.2. The van der Waals surface area contributed by atoms with Crippen LogP contribution < -0.4 is 4.74 Å². The van der Waals surface area contributed by atoms with E-state index in [1.54, 1.807) is 21.7 Å². The van der Waals surface area contributed by atoms with E-state index in [4.69, 9.17) is 26.2 Å². The number of nitrogens with zero attached hydrogens (tertiary/aromatic N) is 6. The van der Waals surface area contributed by atoms with Crippen LogP contribution in [-0.2, 0) is 17.8 Å². The number of hydrogen-bond acceptors (Lipinski definition) is 7. The van der Waals surface area contributed by atoms with Crippen molar-refractivity contribution in [2.75, 3.05) is 13.2 Å². The molecule has 1 aliphatic rings. The number of aromatic nitrogens is 5. The number of carbonyl (C=O) groups excluding carboxylic acids is 2. The van der Waals surface area contributed by atoms with Gasteiger partial charge >= 0.3 is 6.09 Å². The molecule has 0 aromatic carbocycles. The summed E-state index contributed by atoms with van der Waals surface area (Å²) in [6, 6.07) is 4.22. The summed E-state index contributed by atoms with van der Waals surface area (Å²) in [4.78, 5) is 30.7. The van der Waals surface area contributed by atoms with Crippen LogP contribution in [0.5, 0.6) is 5.75 Å². The molecule has 0 spiro atoms. The lowest BCUT2D eigenvalue weighted by molar-refractivity contribution is 0.0194. The van der Waals surface area contributed by atoms with E-state index in [0.29, 0.717) is 47.2 Å². The van der Waals surface area contributed by atoms with Crippen LogP contribution in [0, 0.1) is 12.7 Å². The summed E-state index contributed by atoms with van der Waals surface area (Å²) in [5, 5.41) is 9.45. The molecule has 1 amide bonds. The van der Waals surface area contributed by atoms with Crippen molar-refractivity contribution in [1.29, 1.82) is 0 Å². The molecule has 0 saturated heterocycles. The molecule has 4 aromatic heterocycles. The predicted molar refractivity (Wildman–Crippen MR) is 137 cm³/mol. The number of rotatable bonds is 5. The standard InChI is InChI=1S/C26H26ClFN6O4/c1-15-20-13-32(25(36)38-26(2,3)4)7-8-33(20)31-23(15)16-9-22(24-18(27)11-30-34(24)12-16)37-14-21(35)19-6-5-17(28)10-29-19/h5-6,9-12H,7-8,13-14H2,1-4H3. The summed E-state index contributed by atoms with van der Waals surface area (Å²) in [6.45, 7) is 8.49. The van der Waals surface area contributed by atoms with Gasteiger partial charge in [0.1, 0.15) is 28.4 Å². The first-order valence-corrected chi connectivity index (χ1v) is 12.4. The molecule has 10 nitrogen and oxygen atoms in total. The molecule has 5 heterocycles. The Labute approximate surface area is 222 Å². The van der Waals surface area contributed by atoms with Gasteiger partial charge in [0, 0.05) is 23.9 Å². The second-order valence-electron chi connectivity index (χ2n) is 10.00. The van der Waals surface area contributed by atoms with E-state index in [1.807, 2.05) is 32.4 Å². The van der Waals surface area contributed by atoms with Crippen molar-refractivity contribution in [2.45, 2.75) is 46.4 Å². The lowest BCUT2D eigenvalue weighted by atomic mass is 10.1. The summed E-state index contributed by atoms with van der Waals surface area (Å²) >= 11 is 6.36. The molecular weight excluding hydrogens is 515 g/mol. The topological polar surface area (TPSA) is 104 Å². The van der Waals surface area contributed by atoms with Gasteiger partial charge < -0.3 is 14.4 Å². The fourth-order valence-electron chi connectivity index (χ4n) is 4.25. The van der Waals surface area contributed by atoms with Crippen LogP contribution in [0.1, 0.15) is 42.5 Å². The number of carbonyl (C=O) groups is 2. The Morgan fingerprint density at radius 1 is 1.18 bits per heavy atom. The van der Waals surface area contributed by atoms with Crippen LogP contribution in [-0.4, -0.2) is 59.9 Å². The second kappa shape index (κ2) is 9.71. The van der Waals surface area contributed by atoms with Gasteiger partial charge in [-0.3, -0.25) is 9.48 Å². The number of halogens is 2. The predicted octanol–water partition coefficient (Wildman–Crippen LogP) is 4.71. The van der Waals surface area contributed by atoms with Crippen molar-refractivity contribution in [3.8, 4) is 17.0 Å². The fraction of sp³-hybridized carbons (Fsp3) is 0.346. The highest BCUT2D eigenvalue weighted by atomic mass is 35.5. The number of pyridine rings is 2. The zero-order valence-electron chi connectivity index (χ0n) is 21.4.